The summed E-state index contributed by atoms with van der Waals surface area (Å²) < 4.78 is 24.4. The first kappa shape index (κ1) is 15.4. The number of aliphatic hydroxyl groups excluding tert-OH is 1. The minimum atomic E-state index is -3.74. The fourth-order valence-corrected chi connectivity index (χ4v) is 2.74. The molecular formula is C12H17N5O3S. The summed E-state index contributed by atoms with van der Waals surface area (Å²) in [4.78, 5) is 0.0939. The Hall–Kier alpha value is -1.97. The molecule has 0 atom stereocenters. The number of aliphatic hydroxyl groups is 1. The van der Waals surface area contributed by atoms with Crippen molar-refractivity contribution in [1.29, 1.82) is 0 Å². The van der Waals surface area contributed by atoms with E-state index < -0.39 is 10.0 Å². The molecular weight excluding hydrogens is 294 g/mol. The van der Waals surface area contributed by atoms with Crippen molar-refractivity contribution in [2.75, 3.05) is 11.9 Å². The molecule has 0 saturated heterocycles. The Kier molecular flexibility index (Phi) is 4.56. The summed E-state index contributed by atoms with van der Waals surface area (Å²) in [6.07, 6.45) is 1.71. The van der Waals surface area contributed by atoms with Gasteiger partial charge in [0.15, 0.2) is 0 Å². The molecule has 2 rings (SSSR count). The molecule has 1 aromatic carbocycles. The quantitative estimate of drug-likeness (QED) is 0.681. The molecule has 1 heterocycles. The number of primary sulfonamides is 1. The molecule has 114 valence electrons. The van der Waals surface area contributed by atoms with Crippen LogP contribution in [0.15, 0.2) is 29.3 Å². The minimum absolute atomic E-state index is 0.00819. The molecule has 8 nitrogen and oxygen atoms in total. The van der Waals surface area contributed by atoms with Gasteiger partial charge in [-0.25, -0.2) is 18.2 Å². The van der Waals surface area contributed by atoms with E-state index in [1.54, 1.807) is 25.3 Å². The first-order valence-electron chi connectivity index (χ1n) is 6.28. The zero-order chi connectivity index (χ0) is 15.5. The van der Waals surface area contributed by atoms with E-state index in [4.69, 9.17) is 10.2 Å². The minimum Gasteiger partial charge on any atom is -0.394 e. The van der Waals surface area contributed by atoms with Gasteiger partial charge in [0.2, 0.25) is 10.0 Å². The van der Waals surface area contributed by atoms with E-state index in [1.807, 2.05) is 0 Å². The van der Waals surface area contributed by atoms with Gasteiger partial charge in [-0.05, 0) is 24.6 Å². The zero-order valence-electron chi connectivity index (χ0n) is 11.5. The number of aromatic nitrogens is 3. The Labute approximate surface area is 122 Å². The molecule has 9 heteroatoms. The van der Waals surface area contributed by atoms with Gasteiger partial charge in [0, 0.05) is 5.69 Å². The Morgan fingerprint density at radius 3 is 2.86 bits per heavy atom. The summed E-state index contributed by atoms with van der Waals surface area (Å²) in [5.41, 5.74) is 1.91. The first-order chi connectivity index (χ1) is 9.91. The molecule has 0 saturated carbocycles. The SMILES string of the molecule is Cc1c(NCc2cn(CCO)nn2)cccc1S(N)(=O)=O. The van der Waals surface area contributed by atoms with Crippen molar-refractivity contribution in [3.05, 3.63) is 35.7 Å². The van der Waals surface area contributed by atoms with Crippen LogP contribution in [0.4, 0.5) is 5.69 Å². The fourth-order valence-electron chi connectivity index (χ4n) is 1.93. The molecule has 0 radical (unpaired) electrons. The molecule has 0 fully saturated rings. The highest BCUT2D eigenvalue weighted by Crippen LogP contribution is 2.22. The average Bonchev–Trinajstić information content (AvgIpc) is 2.84. The number of anilines is 1. The smallest absolute Gasteiger partial charge is 0.238 e. The maximum atomic E-state index is 11.5. The zero-order valence-corrected chi connectivity index (χ0v) is 12.3. The van der Waals surface area contributed by atoms with E-state index in [0.29, 0.717) is 30.0 Å². The molecule has 0 aliphatic heterocycles. The summed E-state index contributed by atoms with van der Waals surface area (Å²) in [6.45, 7) is 2.45. The van der Waals surface area contributed by atoms with Crippen LogP contribution < -0.4 is 10.5 Å². The topological polar surface area (TPSA) is 123 Å². The van der Waals surface area contributed by atoms with E-state index in [0.717, 1.165) is 0 Å². The van der Waals surface area contributed by atoms with E-state index in [-0.39, 0.29) is 11.5 Å². The van der Waals surface area contributed by atoms with Gasteiger partial charge in [-0.2, -0.15) is 0 Å². The van der Waals surface area contributed by atoms with Crippen LogP contribution in [0, 0.1) is 6.92 Å². The molecule has 0 aliphatic carbocycles. The summed E-state index contributed by atoms with van der Waals surface area (Å²) in [5.74, 6) is 0. The van der Waals surface area contributed by atoms with Crippen LogP contribution in [0.5, 0.6) is 0 Å². The Bertz CT molecular complexity index is 726. The number of nitrogens with one attached hydrogen (secondary N) is 1. The molecule has 0 amide bonds. The monoisotopic (exact) mass is 311 g/mol. The van der Waals surface area contributed by atoms with Crippen LogP contribution in [-0.4, -0.2) is 35.1 Å². The van der Waals surface area contributed by atoms with Gasteiger partial charge in [-0.3, -0.25) is 0 Å². The Morgan fingerprint density at radius 1 is 1.43 bits per heavy atom. The second-order valence-corrected chi connectivity index (χ2v) is 6.05. The lowest BCUT2D eigenvalue weighted by Gasteiger charge is -2.11. The van der Waals surface area contributed by atoms with E-state index in [2.05, 4.69) is 15.6 Å². The van der Waals surface area contributed by atoms with Crippen LogP contribution in [0.1, 0.15) is 11.3 Å². The normalized spacial score (nSPS) is 11.6. The third kappa shape index (κ3) is 3.78. The maximum absolute atomic E-state index is 11.5. The van der Waals surface area contributed by atoms with Gasteiger partial charge in [0.1, 0.15) is 5.69 Å². The molecule has 0 spiro atoms. The highest BCUT2D eigenvalue weighted by Gasteiger charge is 2.13. The first-order valence-corrected chi connectivity index (χ1v) is 7.82. The van der Waals surface area contributed by atoms with Crippen LogP contribution in [0.2, 0.25) is 0 Å². The molecule has 4 N–H and O–H groups in total. The van der Waals surface area contributed by atoms with Gasteiger partial charge in [-0.1, -0.05) is 11.3 Å². The van der Waals surface area contributed by atoms with Crippen molar-refractivity contribution < 1.29 is 13.5 Å². The van der Waals surface area contributed by atoms with Crippen molar-refractivity contribution in [2.24, 2.45) is 5.14 Å². The van der Waals surface area contributed by atoms with Crippen LogP contribution >= 0.6 is 0 Å². The predicted octanol–water partition coefficient (Wildman–Crippen LogP) is -0.162. The van der Waals surface area contributed by atoms with E-state index in [1.165, 1.54) is 10.7 Å². The van der Waals surface area contributed by atoms with Crippen molar-refractivity contribution in [1.82, 2.24) is 15.0 Å². The second kappa shape index (κ2) is 6.20. The third-order valence-electron chi connectivity index (χ3n) is 2.97. The van der Waals surface area contributed by atoms with Crippen LogP contribution in [0.25, 0.3) is 0 Å². The van der Waals surface area contributed by atoms with Gasteiger partial charge < -0.3 is 10.4 Å². The lowest BCUT2D eigenvalue weighted by molar-refractivity contribution is 0.268. The van der Waals surface area contributed by atoms with Crippen molar-refractivity contribution in [3.8, 4) is 0 Å². The highest BCUT2D eigenvalue weighted by atomic mass is 32.2. The lowest BCUT2D eigenvalue weighted by Crippen LogP contribution is -2.14. The Balaban J connectivity index is 2.13. The molecule has 0 unspecified atom stereocenters. The number of hydrogen-bond donors (Lipinski definition) is 3. The highest BCUT2D eigenvalue weighted by molar-refractivity contribution is 7.89. The molecule has 21 heavy (non-hydrogen) atoms. The molecule has 0 aliphatic rings. The van der Waals surface area contributed by atoms with Crippen LogP contribution in [0.3, 0.4) is 0 Å². The number of sulfonamides is 1. The fraction of sp³-hybridized carbons (Fsp3) is 0.333. The van der Waals surface area contributed by atoms with Crippen LogP contribution in [-0.2, 0) is 23.1 Å². The van der Waals surface area contributed by atoms with E-state index in [9.17, 15) is 8.42 Å². The summed E-state index contributed by atoms with van der Waals surface area (Å²) in [6, 6.07) is 4.85. The lowest BCUT2D eigenvalue weighted by atomic mass is 10.2. The van der Waals surface area contributed by atoms with Crippen molar-refractivity contribution >= 4 is 15.7 Å². The molecule has 0 bridgehead atoms. The average molecular weight is 311 g/mol. The number of nitrogens with zero attached hydrogens (tertiary/aromatic N) is 3. The molecule has 1 aromatic heterocycles. The van der Waals surface area contributed by atoms with Gasteiger partial charge in [-0.15, -0.1) is 5.10 Å². The summed E-state index contributed by atoms with van der Waals surface area (Å²) in [5, 5.41) is 24.9. The standard InChI is InChI=1S/C12H17N5O3S/c1-9-11(3-2-4-12(9)21(13,19)20)14-7-10-8-17(5-6-18)16-15-10/h2-4,8,14,18H,5-7H2,1H3,(H2,13,19,20). The van der Waals surface area contributed by atoms with E-state index >= 15 is 0 Å². The van der Waals surface area contributed by atoms with Gasteiger partial charge in [0.25, 0.3) is 0 Å². The Morgan fingerprint density at radius 2 is 2.19 bits per heavy atom. The van der Waals surface area contributed by atoms with Gasteiger partial charge in [0.05, 0.1) is 30.8 Å². The third-order valence-corrected chi connectivity index (χ3v) is 4.02. The van der Waals surface area contributed by atoms with Crippen molar-refractivity contribution in [3.63, 3.8) is 0 Å². The largest absolute Gasteiger partial charge is 0.394 e. The number of hydrogen-bond acceptors (Lipinski definition) is 6. The molecule has 2 aromatic rings. The maximum Gasteiger partial charge on any atom is 0.238 e. The second-order valence-electron chi connectivity index (χ2n) is 4.52. The number of nitrogens with two attached hydrogens (primary N) is 1. The number of rotatable bonds is 6. The predicted molar refractivity (Wildman–Crippen MR) is 77.0 cm³/mol. The van der Waals surface area contributed by atoms with Gasteiger partial charge >= 0.3 is 0 Å². The van der Waals surface area contributed by atoms with Crippen molar-refractivity contribution in [2.45, 2.75) is 24.9 Å². The summed E-state index contributed by atoms with van der Waals surface area (Å²) >= 11 is 0. The number of benzene rings is 1. The summed E-state index contributed by atoms with van der Waals surface area (Å²) in [7, 11) is -3.74.